The number of hydrogen-bond acceptors (Lipinski definition) is 5. The van der Waals surface area contributed by atoms with Crippen LogP contribution in [-0.4, -0.2) is 43.8 Å². The minimum atomic E-state index is -3.63. The van der Waals surface area contributed by atoms with Crippen LogP contribution >= 0.6 is 27.3 Å². The normalized spacial score (nSPS) is 22.6. The summed E-state index contributed by atoms with van der Waals surface area (Å²) in [4.78, 5) is 27.1. The van der Waals surface area contributed by atoms with Crippen LogP contribution in [0.5, 0.6) is 0 Å². The van der Waals surface area contributed by atoms with Gasteiger partial charge in [-0.05, 0) is 42.5 Å². The van der Waals surface area contributed by atoms with E-state index in [2.05, 4.69) is 26.0 Å². The molecule has 1 saturated heterocycles. The first-order valence-electron chi connectivity index (χ1n) is 8.32. The number of rotatable bonds is 3. The Morgan fingerprint density at radius 2 is 2.07 bits per heavy atom. The van der Waals surface area contributed by atoms with E-state index in [1.54, 1.807) is 35.7 Å². The quantitative estimate of drug-likeness (QED) is 0.721. The average molecular weight is 470 g/mol. The summed E-state index contributed by atoms with van der Waals surface area (Å²) in [6.45, 7) is 0.306. The van der Waals surface area contributed by atoms with Gasteiger partial charge in [-0.2, -0.15) is 0 Å². The van der Waals surface area contributed by atoms with Gasteiger partial charge in [0.25, 0.3) is 5.91 Å². The lowest BCUT2D eigenvalue weighted by Crippen LogP contribution is -2.54. The van der Waals surface area contributed by atoms with Gasteiger partial charge in [-0.3, -0.25) is 9.59 Å². The summed E-state index contributed by atoms with van der Waals surface area (Å²) in [5.41, 5.74) is 0.899. The fourth-order valence-corrected chi connectivity index (χ4v) is 6.09. The van der Waals surface area contributed by atoms with Crippen molar-refractivity contribution in [3.8, 4) is 0 Å². The van der Waals surface area contributed by atoms with Crippen molar-refractivity contribution in [2.24, 2.45) is 0 Å². The second kappa shape index (κ2) is 7.01. The number of benzene rings is 1. The molecule has 0 saturated carbocycles. The number of nitrogens with zero attached hydrogens (tertiary/aromatic N) is 1. The van der Waals surface area contributed by atoms with E-state index in [0.717, 1.165) is 15.8 Å². The number of hydrogen-bond donors (Lipinski definition) is 2. The third kappa shape index (κ3) is 3.54. The summed E-state index contributed by atoms with van der Waals surface area (Å²) in [7, 11) is -3.63. The number of carbonyl (C=O) groups is 2. The van der Waals surface area contributed by atoms with Crippen molar-refractivity contribution in [3.05, 3.63) is 45.7 Å². The summed E-state index contributed by atoms with van der Waals surface area (Å²) in [5, 5.41) is 4.49. The molecule has 2 atom stereocenters. The van der Waals surface area contributed by atoms with Crippen molar-refractivity contribution < 1.29 is 18.0 Å². The van der Waals surface area contributed by atoms with E-state index in [1.807, 2.05) is 0 Å². The molecule has 0 radical (unpaired) electrons. The van der Waals surface area contributed by atoms with Crippen LogP contribution in [0.3, 0.4) is 0 Å². The Labute approximate surface area is 168 Å². The molecular formula is C17H16BrN3O4S2. The van der Waals surface area contributed by atoms with Crippen LogP contribution in [0.1, 0.15) is 23.2 Å². The van der Waals surface area contributed by atoms with E-state index in [1.165, 1.54) is 4.90 Å². The van der Waals surface area contributed by atoms with Gasteiger partial charge < -0.3 is 10.2 Å². The Balaban J connectivity index is 1.57. The average Bonchev–Trinajstić information content (AvgIpc) is 3.15. The molecular weight excluding hydrogens is 454 g/mol. The third-order valence-electron chi connectivity index (χ3n) is 4.72. The highest BCUT2D eigenvalue weighted by Crippen LogP contribution is 2.30. The maximum Gasteiger partial charge on any atom is 0.256 e. The molecule has 2 amide bonds. The molecule has 2 aliphatic rings. The van der Waals surface area contributed by atoms with Crippen molar-refractivity contribution in [1.29, 1.82) is 0 Å². The van der Waals surface area contributed by atoms with Crippen LogP contribution in [0.4, 0.5) is 5.69 Å². The number of fused-ring (bicyclic) bond motifs is 2. The third-order valence-corrected chi connectivity index (χ3v) is 8.13. The lowest BCUT2D eigenvalue weighted by atomic mass is 9.97. The smallest absolute Gasteiger partial charge is 0.256 e. The van der Waals surface area contributed by atoms with Gasteiger partial charge in [-0.15, -0.1) is 11.3 Å². The van der Waals surface area contributed by atoms with Crippen LogP contribution in [0.15, 0.2) is 44.4 Å². The van der Waals surface area contributed by atoms with E-state index >= 15 is 0 Å². The predicted octanol–water partition coefficient (Wildman–Crippen LogP) is 2.41. The highest BCUT2D eigenvalue weighted by molar-refractivity contribution is 9.10. The van der Waals surface area contributed by atoms with Crippen LogP contribution in [0.2, 0.25) is 0 Å². The predicted molar refractivity (Wildman–Crippen MR) is 105 cm³/mol. The molecule has 2 aliphatic heterocycles. The van der Waals surface area contributed by atoms with Crippen LogP contribution < -0.4 is 10.0 Å². The Hall–Kier alpha value is -1.75. The molecule has 10 heteroatoms. The lowest BCUT2D eigenvalue weighted by Gasteiger charge is -2.37. The Bertz CT molecular complexity index is 1010. The van der Waals surface area contributed by atoms with Gasteiger partial charge in [0.1, 0.15) is 10.3 Å². The molecule has 0 bridgehead atoms. The molecule has 2 N–H and O–H groups in total. The second-order valence-electron chi connectivity index (χ2n) is 6.47. The number of halogens is 1. The number of anilines is 1. The molecule has 1 aromatic carbocycles. The Kier molecular flexibility index (Phi) is 4.83. The van der Waals surface area contributed by atoms with Crippen molar-refractivity contribution in [2.75, 3.05) is 11.9 Å². The zero-order chi connectivity index (χ0) is 19.2. The molecule has 7 nitrogen and oxygen atoms in total. The van der Waals surface area contributed by atoms with Crippen LogP contribution in [0, 0.1) is 0 Å². The SMILES string of the molecule is O=C1Nc2ccc(Br)cc2C(=O)N2CC[C@H](NS(=O)(=O)c3cccs3)C[C@@H]12. The van der Waals surface area contributed by atoms with Gasteiger partial charge in [0.05, 0.1) is 11.3 Å². The number of thiophene rings is 1. The summed E-state index contributed by atoms with van der Waals surface area (Å²) in [6, 6.07) is 7.22. The molecule has 0 unspecified atom stereocenters. The maximum atomic E-state index is 12.9. The van der Waals surface area contributed by atoms with Crippen molar-refractivity contribution in [1.82, 2.24) is 9.62 Å². The van der Waals surface area contributed by atoms with E-state index in [4.69, 9.17) is 0 Å². The number of nitrogens with one attached hydrogen (secondary N) is 2. The largest absolute Gasteiger partial charge is 0.326 e. The van der Waals surface area contributed by atoms with Gasteiger partial charge >= 0.3 is 0 Å². The van der Waals surface area contributed by atoms with Gasteiger partial charge in [0.15, 0.2) is 0 Å². The summed E-state index contributed by atoms with van der Waals surface area (Å²) in [6.07, 6.45) is 0.681. The van der Waals surface area contributed by atoms with Crippen molar-refractivity contribution in [2.45, 2.75) is 29.1 Å². The first-order chi connectivity index (χ1) is 12.8. The summed E-state index contributed by atoms with van der Waals surface area (Å²) >= 11 is 4.49. The molecule has 1 fully saturated rings. The monoisotopic (exact) mass is 469 g/mol. The molecule has 27 heavy (non-hydrogen) atoms. The zero-order valence-corrected chi connectivity index (χ0v) is 17.2. The fourth-order valence-electron chi connectivity index (χ4n) is 3.43. The van der Waals surface area contributed by atoms with Gasteiger partial charge in [0, 0.05) is 17.1 Å². The van der Waals surface area contributed by atoms with E-state index < -0.39 is 22.1 Å². The molecule has 0 spiro atoms. The van der Waals surface area contributed by atoms with Gasteiger partial charge in [-0.1, -0.05) is 22.0 Å². The Morgan fingerprint density at radius 1 is 1.26 bits per heavy atom. The molecule has 1 aromatic heterocycles. The van der Waals surface area contributed by atoms with E-state index in [0.29, 0.717) is 24.2 Å². The number of carbonyl (C=O) groups excluding carboxylic acids is 2. The van der Waals surface area contributed by atoms with Gasteiger partial charge in [0.2, 0.25) is 15.9 Å². The topological polar surface area (TPSA) is 95.6 Å². The molecule has 0 aliphatic carbocycles. The number of sulfonamides is 1. The van der Waals surface area contributed by atoms with E-state index in [-0.39, 0.29) is 22.4 Å². The highest BCUT2D eigenvalue weighted by Gasteiger charge is 2.40. The van der Waals surface area contributed by atoms with E-state index in [9.17, 15) is 18.0 Å². The first kappa shape index (κ1) is 18.6. The zero-order valence-electron chi connectivity index (χ0n) is 14.0. The highest BCUT2D eigenvalue weighted by atomic mass is 79.9. The minimum Gasteiger partial charge on any atom is -0.326 e. The first-order valence-corrected chi connectivity index (χ1v) is 11.5. The molecule has 4 rings (SSSR count). The lowest BCUT2D eigenvalue weighted by molar-refractivity contribution is -0.121. The van der Waals surface area contributed by atoms with Crippen molar-refractivity contribution >= 4 is 54.8 Å². The molecule has 142 valence electrons. The fraction of sp³-hybridized carbons (Fsp3) is 0.294. The number of amides is 2. The van der Waals surface area contributed by atoms with Crippen LogP contribution in [0.25, 0.3) is 0 Å². The molecule has 2 aromatic rings. The van der Waals surface area contributed by atoms with Crippen LogP contribution in [-0.2, 0) is 14.8 Å². The number of piperidine rings is 1. The second-order valence-corrected chi connectivity index (χ2v) is 10.3. The van der Waals surface area contributed by atoms with Crippen molar-refractivity contribution in [3.63, 3.8) is 0 Å². The molecule has 3 heterocycles. The standard InChI is InChI=1S/C17H16BrN3O4S2/c18-10-3-4-13-12(8-10)17(23)21-6-5-11(9-14(21)16(22)19-13)20-27(24,25)15-2-1-7-26-15/h1-4,7-8,11,14,20H,5-6,9H2,(H,19,22)/t11-,14-/m0/s1. The minimum absolute atomic E-state index is 0.228. The summed E-state index contributed by atoms with van der Waals surface area (Å²) in [5.74, 6) is -0.529. The Morgan fingerprint density at radius 3 is 2.81 bits per heavy atom. The summed E-state index contributed by atoms with van der Waals surface area (Å²) < 4.78 is 28.6. The maximum absolute atomic E-state index is 12.9. The van der Waals surface area contributed by atoms with Gasteiger partial charge in [-0.25, -0.2) is 13.1 Å².